The van der Waals surface area contributed by atoms with E-state index in [9.17, 15) is 22.8 Å². The smallest absolute Gasteiger partial charge is 0.326 e. The molecule has 1 atom stereocenters. The molecule has 0 rings (SSSR count). The molecule has 0 unspecified atom stereocenters. The molecule has 0 aliphatic carbocycles. The Morgan fingerprint density at radius 1 is 1.22 bits per heavy atom. The molecule has 0 aromatic heterocycles. The van der Waals surface area contributed by atoms with E-state index >= 15 is 0 Å². The Kier molecular flexibility index (Phi) is 6.09. The minimum absolute atomic E-state index is 0.190. The lowest BCUT2D eigenvalue weighted by atomic mass is 10.2. The van der Waals surface area contributed by atoms with Gasteiger partial charge in [-0.3, -0.25) is 4.79 Å². The van der Waals surface area contributed by atoms with Crippen molar-refractivity contribution in [3.63, 3.8) is 0 Å². The number of hydrogen-bond donors (Lipinski definition) is 4. The van der Waals surface area contributed by atoms with Crippen LogP contribution in [0.5, 0.6) is 0 Å². The molecule has 0 aliphatic heterocycles. The van der Waals surface area contributed by atoms with E-state index in [1.807, 2.05) is 5.32 Å². The molecule has 0 saturated heterocycles. The Balaban J connectivity index is 4.19. The molecule has 0 fully saturated rings. The zero-order valence-electron chi connectivity index (χ0n) is 9.54. The van der Waals surface area contributed by atoms with E-state index in [4.69, 9.17) is 10.2 Å². The summed E-state index contributed by atoms with van der Waals surface area (Å²) in [5.74, 6) is -3.16. The summed E-state index contributed by atoms with van der Waals surface area (Å²) in [4.78, 5) is 32.1. The fourth-order valence-corrected chi connectivity index (χ4v) is 1.41. The third-order valence-corrected chi connectivity index (χ3v) is 2.69. The minimum atomic E-state index is -3.24. The molecule has 18 heavy (non-hydrogen) atoms. The number of aliphatic carboxylic acids is 2. The first-order chi connectivity index (χ1) is 8.11. The second kappa shape index (κ2) is 6.79. The molecule has 9 nitrogen and oxygen atoms in total. The first-order valence-electron chi connectivity index (χ1n) is 4.78. The molecular formula is C8H14N2O7S. The number of sulfone groups is 1. The highest BCUT2D eigenvalue weighted by atomic mass is 32.2. The number of nitrogens with one attached hydrogen (secondary N) is 2. The Morgan fingerprint density at radius 2 is 1.78 bits per heavy atom. The third-order valence-electron chi connectivity index (χ3n) is 1.74. The van der Waals surface area contributed by atoms with Gasteiger partial charge in [0.2, 0.25) is 0 Å². The van der Waals surface area contributed by atoms with Gasteiger partial charge in [0.1, 0.15) is 15.9 Å². The van der Waals surface area contributed by atoms with Gasteiger partial charge in [0, 0.05) is 12.8 Å². The van der Waals surface area contributed by atoms with Crippen molar-refractivity contribution in [2.45, 2.75) is 12.5 Å². The van der Waals surface area contributed by atoms with Crippen LogP contribution >= 0.6 is 0 Å². The molecule has 10 heteroatoms. The maximum atomic E-state index is 11.2. The summed E-state index contributed by atoms with van der Waals surface area (Å²) in [5, 5.41) is 21.1. The standard InChI is InChI=1S/C8H14N2O7S/c1-18(16,17)3-2-9-8(15)10-5(7(13)14)4-6(11)12/h5H,2-4H2,1H3,(H,11,12)(H,13,14)(H2,9,10,15)/t5-/m1/s1. The predicted octanol–water partition coefficient (Wildman–Crippen LogP) is -1.74. The van der Waals surface area contributed by atoms with Crippen LogP contribution in [0, 0.1) is 0 Å². The predicted molar refractivity (Wildman–Crippen MR) is 59.9 cm³/mol. The Hall–Kier alpha value is -1.84. The lowest BCUT2D eigenvalue weighted by Gasteiger charge is -2.12. The molecule has 0 saturated carbocycles. The Bertz CT molecular complexity index is 431. The molecule has 2 amide bonds. The summed E-state index contributed by atoms with van der Waals surface area (Å²) >= 11 is 0. The van der Waals surface area contributed by atoms with E-state index < -0.39 is 40.3 Å². The molecule has 4 N–H and O–H groups in total. The van der Waals surface area contributed by atoms with Gasteiger partial charge in [-0.05, 0) is 0 Å². The van der Waals surface area contributed by atoms with Gasteiger partial charge in [-0.25, -0.2) is 18.0 Å². The molecule has 0 aliphatic rings. The normalized spacial score (nSPS) is 12.5. The van der Waals surface area contributed by atoms with Crippen molar-refractivity contribution in [3.8, 4) is 0 Å². The average molecular weight is 282 g/mol. The van der Waals surface area contributed by atoms with Crippen molar-refractivity contribution < 1.29 is 33.0 Å². The summed E-state index contributed by atoms with van der Waals surface area (Å²) in [7, 11) is -3.24. The first kappa shape index (κ1) is 16.2. The molecule has 104 valence electrons. The molecule has 0 aromatic carbocycles. The minimum Gasteiger partial charge on any atom is -0.481 e. The molecular weight excluding hydrogens is 268 g/mol. The number of rotatable bonds is 7. The van der Waals surface area contributed by atoms with E-state index in [2.05, 4.69) is 5.32 Å². The van der Waals surface area contributed by atoms with Gasteiger partial charge in [0.05, 0.1) is 12.2 Å². The van der Waals surface area contributed by atoms with Crippen LogP contribution in [0.3, 0.4) is 0 Å². The van der Waals surface area contributed by atoms with Crippen molar-refractivity contribution in [1.82, 2.24) is 10.6 Å². The Labute approximate surface area is 103 Å². The van der Waals surface area contributed by atoms with Crippen LogP contribution in [0.1, 0.15) is 6.42 Å². The number of amides is 2. The fraction of sp³-hybridized carbons (Fsp3) is 0.625. The van der Waals surface area contributed by atoms with Gasteiger partial charge in [-0.2, -0.15) is 0 Å². The summed E-state index contributed by atoms with van der Waals surface area (Å²) in [6.45, 7) is -0.190. The van der Waals surface area contributed by atoms with Gasteiger partial charge in [0.15, 0.2) is 0 Å². The highest BCUT2D eigenvalue weighted by Crippen LogP contribution is 1.92. The highest BCUT2D eigenvalue weighted by molar-refractivity contribution is 7.90. The van der Waals surface area contributed by atoms with Gasteiger partial charge >= 0.3 is 18.0 Å². The lowest BCUT2D eigenvalue weighted by molar-refractivity contribution is -0.145. The quantitative estimate of drug-likeness (QED) is 0.432. The maximum absolute atomic E-state index is 11.2. The topological polar surface area (TPSA) is 150 Å². The molecule has 0 spiro atoms. The number of carbonyl (C=O) groups excluding carboxylic acids is 1. The highest BCUT2D eigenvalue weighted by Gasteiger charge is 2.22. The van der Waals surface area contributed by atoms with Gasteiger partial charge in [-0.15, -0.1) is 0 Å². The van der Waals surface area contributed by atoms with Crippen LogP contribution in [0.4, 0.5) is 4.79 Å². The lowest BCUT2D eigenvalue weighted by Crippen LogP contribution is -2.47. The summed E-state index contributed by atoms with van der Waals surface area (Å²) in [6.07, 6.45) is 0.214. The van der Waals surface area contributed by atoms with Crippen LogP contribution in [0.25, 0.3) is 0 Å². The maximum Gasteiger partial charge on any atom is 0.326 e. The van der Waals surface area contributed by atoms with E-state index in [-0.39, 0.29) is 12.3 Å². The zero-order valence-corrected chi connectivity index (χ0v) is 10.4. The molecule has 0 aromatic rings. The summed E-state index contributed by atoms with van der Waals surface area (Å²) in [6, 6.07) is -2.51. The van der Waals surface area contributed by atoms with Crippen molar-refractivity contribution >= 4 is 27.8 Å². The van der Waals surface area contributed by atoms with E-state index in [0.29, 0.717) is 0 Å². The monoisotopic (exact) mass is 282 g/mol. The Morgan fingerprint density at radius 3 is 2.17 bits per heavy atom. The van der Waals surface area contributed by atoms with Gasteiger partial charge in [-0.1, -0.05) is 0 Å². The number of carboxylic acid groups (broad SMARTS) is 2. The SMILES string of the molecule is CS(=O)(=O)CCNC(=O)N[C@H](CC(=O)O)C(=O)O. The van der Waals surface area contributed by atoms with Gasteiger partial charge < -0.3 is 20.8 Å². The van der Waals surface area contributed by atoms with Gasteiger partial charge in [0.25, 0.3) is 0 Å². The molecule has 0 bridgehead atoms. The van der Waals surface area contributed by atoms with Crippen LogP contribution in [-0.2, 0) is 19.4 Å². The van der Waals surface area contributed by atoms with E-state index in [0.717, 1.165) is 6.26 Å². The number of carboxylic acids is 2. The van der Waals surface area contributed by atoms with Crippen LogP contribution in [0.2, 0.25) is 0 Å². The summed E-state index contributed by atoms with van der Waals surface area (Å²) in [5.41, 5.74) is 0. The van der Waals surface area contributed by atoms with Crippen LogP contribution in [-0.4, -0.2) is 61.2 Å². The van der Waals surface area contributed by atoms with Crippen molar-refractivity contribution in [2.75, 3.05) is 18.6 Å². The van der Waals surface area contributed by atoms with Crippen LogP contribution in [0.15, 0.2) is 0 Å². The third kappa shape index (κ3) is 8.33. The number of carbonyl (C=O) groups is 3. The van der Waals surface area contributed by atoms with E-state index in [1.54, 1.807) is 0 Å². The van der Waals surface area contributed by atoms with Crippen molar-refractivity contribution in [2.24, 2.45) is 0 Å². The molecule has 0 radical (unpaired) electrons. The average Bonchev–Trinajstić information content (AvgIpc) is 2.13. The number of urea groups is 1. The van der Waals surface area contributed by atoms with Crippen molar-refractivity contribution in [3.05, 3.63) is 0 Å². The first-order valence-corrected chi connectivity index (χ1v) is 6.84. The molecule has 0 heterocycles. The van der Waals surface area contributed by atoms with Crippen LogP contribution < -0.4 is 10.6 Å². The summed E-state index contributed by atoms with van der Waals surface area (Å²) < 4.78 is 21.5. The second-order valence-electron chi connectivity index (χ2n) is 3.52. The zero-order chi connectivity index (χ0) is 14.3. The van der Waals surface area contributed by atoms with E-state index in [1.165, 1.54) is 0 Å². The second-order valence-corrected chi connectivity index (χ2v) is 5.78. The largest absolute Gasteiger partial charge is 0.481 e. The number of hydrogen-bond acceptors (Lipinski definition) is 5. The van der Waals surface area contributed by atoms with Crippen molar-refractivity contribution in [1.29, 1.82) is 0 Å². The fourth-order valence-electron chi connectivity index (χ4n) is 0.934.